The molecule has 1 aliphatic heterocycles. The van der Waals surface area contributed by atoms with Crippen molar-refractivity contribution in [3.8, 4) is 0 Å². The Balaban J connectivity index is 2.58. The summed E-state index contributed by atoms with van der Waals surface area (Å²) in [6.07, 6.45) is 23.9. The Morgan fingerprint density at radius 2 is 1.20 bits per heavy atom. The van der Waals surface area contributed by atoms with E-state index in [1.54, 1.807) is 6.08 Å². The largest absolute Gasteiger partial charge is 0.394 e. The molecule has 8 unspecified atom stereocenters. The lowest BCUT2D eigenvalue weighted by Crippen LogP contribution is -2.60. The summed E-state index contributed by atoms with van der Waals surface area (Å²) in [7, 11) is 0. The van der Waals surface area contributed by atoms with Gasteiger partial charge >= 0.3 is 0 Å². The number of rotatable bonds is 30. The predicted octanol–water partition coefficient (Wildman–Crippen LogP) is 5.52. The van der Waals surface area contributed by atoms with Crippen molar-refractivity contribution in [1.29, 1.82) is 0 Å². The summed E-state index contributed by atoms with van der Waals surface area (Å²) < 4.78 is 11.0. The minimum absolute atomic E-state index is 0.301. The van der Waals surface area contributed by atoms with E-state index in [4.69, 9.17) is 9.47 Å². The maximum Gasteiger partial charge on any atom is 0.249 e. The van der Waals surface area contributed by atoms with Crippen LogP contribution in [-0.4, -0.2) is 98.7 Å². The molecule has 286 valence electrons. The molecule has 1 saturated heterocycles. The van der Waals surface area contributed by atoms with Crippen LogP contribution in [-0.2, 0) is 14.3 Å². The van der Waals surface area contributed by atoms with Gasteiger partial charge < -0.3 is 45.4 Å². The lowest BCUT2D eigenvalue weighted by atomic mass is 9.99. The van der Waals surface area contributed by atoms with Crippen molar-refractivity contribution >= 4 is 5.91 Å². The molecular formula is C39H71NO9. The summed E-state index contributed by atoms with van der Waals surface area (Å²) in [5.74, 6) is -0.636. The van der Waals surface area contributed by atoms with Crippen LogP contribution in [0.2, 0.25) is 0 Å². The molecule has 8 atom stereocenters. The minimum Gasteiger partial charge on any atom is -0.394 e. The summed E-state index contributed by atoms with van der Waals surface area (Å²) in [6, 6.07) is -0.997. The Kier molecular flexibility index (Phi) is 27.8. The van der Waals surface area contributed by atoms with E-state index in [1.165, 1.54) is 64.2 Å². The van der Waals surface area contributed by atoms with Crippen LogP contribution in [0.25, 0.3) is 0 Å². The smallest absolute Gasteiger partial charge is 0.249 e. The SMILES string of the molecule is CCCCCCC/C=C/CC/C=C/CC/C=C/C(O)C(COC1OC(CO)C(O)C(O)C1O)NC(=O)C(O)CCCCCCCCCCC. The summed E-state index contributed by atoms with van der Waals surface area (Å²) in [4.78, 5) is 12.9. The van der Waals surface area contributed by atoms with Crippen molar-refractivity contribution in [1.82, 2.24) is 5.32 Å². The van der Waals surface area contributed by atoms with Crippen LogP contribution in [0, 0.1) is 0 Å². The summed E-state index contributed by atoms with van der Waals surface area (Å²) in [5, 5.41) is 64.2. The van der Waals surface area contributed by atoms with E-state index < -0.39 is 61.5 Å². The average molecular weight is 698 g/mol. The van der Waals surface area contributed by atoms with Gasteiger partial charge in [0.15, 0.2) is 6.29 Å². The van der Waals surface area contributed by atoms with E-state index in [0.717, 1.165) is 44.9 Å². The first kappa shape index (κ1) is 45.4. The first-order valence-corrected chi connectivity index (χ1v) is 19.3. The quantitative estimate of drug-likeness (QED) is 0.0378. The fraction of sp³-hybridized carbons (Fsp3) is 0.821. The van der Waals surface area contributed by atoms with Crippen molar-refractivity contribution < 1.29 is 44.9 Å². The Hall–Kier alpha value is -1.63. The zero-order chi connectivity index (χ0) is 36.1. The molecule has 0 aliphatic carbocycles. The summed E-state index contributed by atoms with van der Waals surface area (Å²) >= 11 is 0. The zero-order valence-electron chi connectivity index (χ0n) is 30.5. The fourth-order valence-electron chi connectivity index (χ4n) is 5.78. The van der Waals surface area contributed by atoms with Gasteiger partial charge in [-0.3, -0.25) is 4.79 Å². The zero-order valence-corrected chi connectivity index (χ0v) is 30.5. The Labute approximate surface area is 296 Å². The first-order chi connectivity index (χ1) is 23.8. The van der Waals surface area contributed by atoms with Gasteiger partial charge in [-0.2, -0.15) is 0 Å². The second-order valence-electron chi connectivity index (χ2n) is 13.5. The third kappa shape index (κ3) is 21.4. The topological polar surface area (TPSA) is 169 Å². The Bertz CT molecular complexity index is 881. The number of amides is 1. The standard InChI is InChI=1S/C39H71NO9/c1-3-5-7-9-11-13-14-15-16-17-18-20-21-23-25-27-32(42)31(30-48-39-37(46)36(45)35(44)34(29-41)49-39)40-38(47)33(43)28-26-24-22-19-12-10-8-6-4-2/h14-15,18,20,25,27,31-37,39,41-46H,3-13,16-17,19,21-24,26,28-30H2,1-2H3,(H,40,47)/b15-14+,20-18+,27-25+. The van der Waals surface area contributed by atoms with Gasteiger partial charge in [-0.25, -0.2) is 0 Å². The van der Waals surface area contributed by atoms with Crippen molar-refractivity contribution in [3.63, 3.8) is 0 Å². The van der Waals surface area contributed by atoms with Gasteiger partial charge in [-0.15, -0.1) is 0 Å². The van der Waals surface area contributed by atoms with Crippen LogP contribution >= 0.6 is 0 Å². The lowest BCUT2D eigenvalue weighted by Gasteiger charge is -2.40. The van der Waals surface area contributed by atoms with Crippen molar-refractivity contribution in [2.24, 2.45) is 0 Å². The highest BCUT2D eigenvalue weighted by Crippen LogP contribution is 2.22. The molecule has 7 N–H and O–H groups in total. The number of aliphatic hydroxyl groups is 6. The molecule has 0 aromatic rings. The molecule has 0 aromatic carbocycles. The fourth-order valence-corrected chi connectivity index (χ4v) is 5.78. The molecule has 1 heterocycles. The first-order valence-electron chi connectivity index (χ1n) is 19.3. The number of nitrogens with one attached hydrogen (secondary N) is 1. The van der Waals surface area contributed by atoms with E-state index >= 15 is 0 Å². The molecule has 1 amide bonds. The number of unbranched alkanes of at least 4 members (excludes halogenated alkanes) is 15. The number of carbonyl (C=O) groups is 1. The number of aliphatic hydroxyl groups excluding tert-OH is 6. The number of allylic oxidation sites excluding steroid dienone is 5. The van der Waals surface area contributed by atoms with Crippen LogP contribution in [0.3, 0.4) is 0 Å². The maximum absolute atomic E-state index is 12.9. The number of hydrogen-bond acceptors (Lipinski definition) is 9. The molecule has 0 radical (unpaired) electrons. The van der Waals surface area contributed by atoms with Crippen LogP contribution in [0.1, 0.15) is 142 Å². The molecule has 1 fully saturated rings. The maximum atomic E-state index is 12.9. The van der Waals surface area contributed by atoms with E-state index in [0.29, 0.717) is 19.3 Å². The van der Waals surface area contributed by atoms with Crippen molar-refractivity contribution in [2.75, 3.05) is 13.2 Å². The average Bonchev–Trinajstić information content (AvgIpc) is 3.10. The monoisotopic (exact) mass is 698 g/mol. The van der Waals surface area contributed by atoms with E-state index in [-0.39, 0.29) is 6.61 Å². The Morgan fingerprint density at radius 1 is 0.694 bits per heavy atom. The second-order valence-corrected chi connectivity index (χ2v) is 13.5. The van der Waals surface area contributed by atoms with Gasteiger partial charge in [0.05, 0.1) is 25.4 Å². The molecule has 49 heavy (non-hydrogen) atoms. The summed E-state index contributed by atoms with van der Waals surface area (Å²) in [6.45, 7) is 3.50. The molecule has 1 aliphatic rings. The Morgan fingerprint density at radius 3 is 1.78 bits per heavy atom. The minimum atomic E-state index is -1.61. The molecule has 1 rings (SSSR count). The van der Waals surface area contributed by atoms with E-state index in [9.17, 15) is 35.4 Å². The molecule has 0 saturated carbocycles. The third-order valence-corrected chi connectivity index (χ3v) is 9.05. The predicted molar refractivity (Wildman–Crippen MR) is 195 cm³/mol. The molecular weight excluding hydrogens is 626 g/mol. The molecule has 0 aromatic heterocycles. The molecule has 0 bridgehead atoms. The van der Waals surface area contributed by atoms with Gasteiger partial charge in [0.1, 0.15) is 30.5 Å². The molecule has 10 nitrogen and oxygen atoms in total. The van der Waals surface area contributed by atoms with Crippen LogP contribution < -0.4 is 5.32 Å². The number of ether oxygens (including phenoxy) is 2. The number of hydrogen-bond donors (Lipinski definition) is 7. The van der Waals surface area contributed by atoms with Gasteiger partial charge in [0.2, 0.25) is 5.91 Å². The number of carbonyl (C=O) groups excluding carboxylic acids is 1. The highest BCUT2D eigenvalue weighted by Gasteiger charge is 2.44. The summed E-state index contributed by atoms with van der Waals surface area (Å²) in [5.41, 5.74) is 0. The van der Waals surface area contributed by atoms with E-state index in [1.807, 2.05) is 6.08 Å². The highest BCUT2D eigenvalue weighted by molar-refractivity contribution is 5.80. The van der Waals surface area contributed by atoms with Crippen molar-refractivity contribution in [2.45, 2.75) is 191 Å². The normalized spacial score (nSPS) is 23.5. The highest BCUT2D eigenvalue weighted by atomic mass is 16.7. The van der Waals surface area contributed by atoms with Gasteiger partial charge in [0, 0.05) is 0 Å². The lowest BCUT2D eigenvalue weighted by molar-refractivity contribution is -0.302. The van der Waals surface area contributed by atoms with Crippen LogP contribution in [0.5, 0.6) is 0 Å². The van der Waals surface area contributed by atoms with Crippen LogP contribution in [0.4, 0.5) is 0 Å². The van der Waals surface area contributed by atoms with E-state index in [2.05, 4.69) is 43.5 Å². The van der Waals surface area contributed by atoms with Gasteiger partial charge in [0.25, 0.3) is 0 Å². The molecule has 10 heteroatoms. The van der Waals surface area contributed by atoms with Gasteiger partial charge in [-0.1, -0.05) is 134 Å². The third-order valence-electron chi connectivity index (χ3n) is 9.05. The van der Waals surface area contributed by atoms with Gasteiger partial charge in [-0.05, 0) is 44.9 Å². The second kappa shape index (κ2) is 30.0. The van der Waals surface area contributed by atoms with Crippen LogP contribution in [0.15, 0.2) is 36.5 Å². The molecule has 0 spiro atoms. The van der Waals surface area contributed by atoms with Crippen molar-refractivity contribution in [3.05, 3.63) is 36.5 Å².